The van der Waals surface area contributed by atoms with Gasteiger partial charge in [0.1, 0.15) is 4.38 Å². The molecule has 2 aromatic rings. The molecule has 1 aliphatic rings. The number of nitrogens with one attached hydrogen (secondary N) is 1. The fourth-order valence-corrected chi connectivity index (χ4v) is 3.99. The third kappa shape index (κ3) is 4.18. The number of aliphatic imine (C=N–C) groups is 1. The Hall–Kier alpha value is -2.25. The highest BCUT2D eigenvalue weighted by Gasteiger charge is 2.14. The number of nitrogens with two attached hydrogens (primary N) is 1. The molecule has 0 fully saturated rings. The highest BCUT2D eigenvalue weighted by molar-refractivity contribution is 8.38. The molecular weight excluding hydrogens is 342 g/mol. The molecular formula is C17H15N3O2S2. The number of primary amides is 1. The lowest BCUT2D eigenvalue weighted by Crippen LogP contribution is -2.15. The van der Waals surface area contributed by atoms with E-state index >= 15 is 0 Å². The second kappa shape index (κ2) is 7.55. The average molecular weight is 357 g/mol. The third-order valence-corrected chi connectivity index (χ3v) is 5.58. The maximum absolute atomic E-state index is 12.0. The van der Waals surface area contributed by atoms with Crippen LogP contribution in [0, 0.1) is 0 Å². The van der Waals surface area contributed by atoms with E-state index in [9.17, 15) is 9.59 Å². The number of hydrogen-bond acceptors (Lipinski definition) is 5. The molecule has 3 N–H and O–H groups in total. The summed E-state index contributed by atoms with van der Waals surface area (Å²) >= 11 is 3.06. The minimum Gasteiger partial charge on any atom is -0.366 e. The van der Waals surface area contributed by atoms with Crippen molar-refractivity contribution in [3.63, 3.8) is 0 Å². The summed E-state index contributed by atoms with van der Waals surface area (Å²) < 4.78 is 0.896. The standard InChI is InChI=1S/C17H15N3O2S2/c18-16(22)11-5-7-13(8-6-11)19-15(21)10-24-17-20-14-4-2-1-3-12(14)9-23-17/h1-8H,9-10H2,(H2,18,22)(H,19,21). The number of rotatable bonds is 4. The fourth-order valence-electron chi connectivity index (χ4n) is 2.13. The summed E-state index contributed by atoms with van der Waals surface area (Å²) in [7, 11) is 0. The van der Waals surface area contributed by atoms with Crippen LogP contribution in [0.3, 0.4) is 0 Å². The molecule has 1 aliphatic heterocycles. The van der Waals surface area contributed by atoms with E-state index in [1.807, 2.05) is 18.2 Å². The quantitative estimate of drug-likeness (QED) is 0.878. The molecule has 0 bridgehead atoms. The van der Waals surface area contributed by atoms with Gasteiger partial charge in [0.2, 0.25) is 11.8 Å². The van der Waals surface area contributed by atoms with Crippen molar-refractivity contribution in [3.05, 3.63) is 59.7 Å². The van der Waals surface area contributed by atoms with Crippen molar-refractivity contribution in [2.45, 2.75) is 5.75 Å². The third-order valence-electron chi connectivity index (χ3n) is 3.33. The van der Waals surface area contributed by atoms with Crippen LogP contribution in [0.4, 0.5) is 11.4 Å². The Morgan fingerprint density at radius 2 is 1.92 bits per heavy atom. The van der Waals surface area contributed by atoms with Crippen molar-refractivity contribution in [1.29, 1.82) is 0 Å². The molecule has 24 heavy (non-hydrogen) atoms. The molecule has 0 saturated carbocycles. The van der Waals surface area contributed by atoms with Crippen LogP contribution in [0.2, 0.25) is 0 Å². The number of fused-ring (bicyclic) bond motifs is 1. The Labute approximate surface area is 148 Å². The number of hydrogen-bond donors (Lipinski definition) is 2. The van der Waals surface area contributed by atoms with E-state index in [-0.39, 0.29) is 11.7 Å². The topological polar surface area (TPSA) is 84.5 Å². The number of carbonyl (C=O) groups is 2. The summed E-state index contributed by atoms with van der Waals surface area (Å²) in [4.78, 5) is 27.6. The van der Waals surface area contributed by atoms with E-state index in [2.05, 4.69) is 16.4 Å². The van der Waals surface area contributed by atoms with Gasteiger partial charge in [0.05, 0.1) is 11.4 Å². The summed E-state index contributed by atoms with van der Waals surface area (Å²) in [5.74, 6) is 0.550. The molecule has 5 nitrogen and oxygen atoms in total. The molecule has 0 atom stereocenters. The average Bonchev–Trinajstić information content (AvgIpc) is 2.60. The molecule has 7 heteroatoms. The Morgan fingerprint density at radius 1 is 1.17 bits per heavy atom. The predicted octanol–water partition coefficient (Wildman–Crippen LogP) is 3.39. The van der Waals surface area contributed by atoms with E-state index in [1.165, 1.54) is 17.3 Å². The van der Waals surface area contributed by atoms with Crippen LogP contribution in [-0.2, 0) is 10.5 Å². The molecule has 0 unspecified atom stereocenters. The molecule has 2 aromatic carbocycles. The van der Waals surface area contributed by atoms with Gasteiger partial charge >= 0.3 is 0 Å². The van der Waals surface area contributed by atoms with E-state index in [4.69, 9.17) is 5.73 Å². The van der Waals surface area contributed by atoms with Crippen molar-refractivity contribution in [2.75, 3.05) is 11.1 Å². The molecule has 1 heterocycles. The van der Waals surface area contributed by atoms with Crippen LogP contribution in [0.1, 0.15) is 15.9 Å². The van der Waals surface area contributed by atoms with Crippen LogP contribution in [-0.4, -0.2) is 21.9 Å². The zero-order valence-electron chi connectivity index (χ0n) is 12.7. The smallest absolute Gasteiger partial charge is 0.248 e. The van der Waals surface area contributed by atoms with Crippen LogP contribution >= 0.6 is 23.5 Å². The van der Waals surface area contributed by atoms with Gasteiger partial charge in [-0.05, 0) is 35.9 Å². The van der Waals surface area contributed by atoms with Crippen LogP contribution in [0.15, 0.2) is 53.5 Å². The van der Waals surface area contributed by atoms with Crippen LogP contribution in [0.25, 0.3) is 0 Å². The Balaban J connectivity index is 1.54. The lowest BCUT2D eigenvalue weighted by molar-refractivity contribution is -0.113. The van der Waals surface area contributed by atoms with Gasteiger partial charge in [-0.2, -0.15) is 0 Å². The fraction of sp³-hybridized carbons (Fsp3) is 0.118. The zero-order chi connectivity index (χ0) is 16.9. The molecule has 0 saturated heterocycles. The lowest BCUT2D eigenvalue weighted by Gasteiger charge is -2.14. The normalized spacial score (nSPS) is 12.9. The van der Waals surface area contributed by atoms with Gasteiger partial charge in [-0.3, -0.25) is 9.59 Å². The summed E-state index contributed by atoms with van der Waals surface area (Å²) in [6, 6.07) is 14.5. The van der Waals surface area contributed by atoms with Gasteiger partial charge in [-0.25, -0.2) is 4.99 Å². The molecule has 0 aliphatic carbocycles. The lowest BCUT2D eigenvalue weighted by atomic mass is 10.2. The van der Waals surface area contributed by atoms with Gasteiger partial charge in [0.15, 0.2) is 0 Å². The van der Waals surface area contributed by atoms with E-state index < -0.39 is 5.91 Å². The first-order valence-electron chi connectivity index (χ1n) is 7.24. The van der Waals surface area contributed by atoms with Crippen molar-refractivity contribution in [2.24, 2.45) is 10.7 Å². The minimum absolute atomic E-state index is 0.117. The first kappa shape index (κ1) is 16.6. The highest BCUT2D eigenvalue weighted by atomic mass is 32.2. The van der Waals surface area contributed by atoms with Gasteiger partial charge in [-0.1, -0.05) is 41.7 Å². The Kier molecular flexibility index (Phi) is 5.22. The second-order valence-electron chi connectivity index (χ2n) is 5.07. The number of nitrogens with zero attached hydrogens (tertiary/aromatic N) is 1. The number of anilines is 1. The predicted molar refractivity (Wildman–Crippen MR) is 101 cm³/mol. The molecule has 0 spiro atoms. The van der Waals surface area contributed by atoms with Crippen molar-refractivity contribution < 1.29 is 9.59 Å². The number of amides is 2. The summed E-state index contributed by atoms with van der Waals surface area (Å²) in [5, 5.41) is 2.79. The number of para-hydroxylation sites is 1. The molecule has 2 amide bonds. The summed E-state index contributed by atoms with van der Waals surface area (Å²) in [6.07, 6.45) is 0. The highest BCUT2D eigenvalue weighted by Crippen LogP contribution is 2.34. The SMILES string of the molecule is NC(=O)c1ccc(NC(=O)CSC2=Nc3ccccc3CS2)cc1. The first-order valence-corrected chi connectivity index (χ1v) is 9.21. The Morgan fingerprint density at radius 3 is 2.67 bits per heavy atom. The molecule has 122 valence electrons. The van der Waals surface area contributed by atoms with Crippen molar-refractivity contribution >= 4 is 51.1 Å². The van der Waals surface area contributed by atoms with E-state index in [1.54, 1.807) is 36.0 Å². The van der Waals surface area contributed by atoms with Crippen LogP contribution < -0.4 is 11.1 Å². The zero-order valence-corrected chi connectivity index (χ0v) is 14.3. The summed E-state index contributed by atoms with van der Waals surface area (Å²) in [6.45, 7) is 0. The van der Waals surface area contributed by atoms with E-state index in [0.717, 1.165) is 15.8 Å². The monoisotopic (exact) mass is 357 g/mol. The molecule has 3 rings (SSSR count). The van der Waals surface area contributed by atoms with Crippen molar-refractivity contribution in [1.82, 2.24) is 0 Å². The Bertz CT molecular complexity index is 804. The number of thioether (sulfide) groups is 2. The number of carbonyl (C=O) groups excluding carboxylic acids is 2. The minimum atomic E-state index is -0.490. The molecule has 0 aromatic heterocycles. The second-order valence-corrected chi connectivity index (χ2v) is 7.26. The molecule has 0 radical (unpaired) electrons. The van der Waals surface area contributed by atoms with Gasteiger partial charge < -0.3 is 11.1 Å². The van der Waals surface area contributed by atoms with Gasteiger partial charge in [0, 0.05) is 17.0 Å². The first-order chi connectivity index (χ1) is 11.6. The van der Waals surface area contributed by atoms with Gasteiger partial charge in [0.25, 0.3) is 0 Å². The maximum Gasteiger partial charge on any atom is 0.248 e. The largest absolute Gasteiger partial charge is 0.366 e. The maximum atomic E-state index is 12.0. The van der Waals surface area contributed by atoms with Gasteiger partial charge in [-0.15, -0.1) is 0 Å². The van der Waals surface area contributed by atoms with Crippen molar-refractivity contribution in [3.8, 4) is 0 Å². The van der Waals surface area contributed by atoms with Crippen LogP contribution in [0.5, 0.6) is 0 Å². The number of benzene rings is 2. The summed E-state index contributed by atoms with van der Waals surface area (Å²) in [5.41, 5.74) is 8.42. The van der Waals surface area contributed by atoms with E-state index in [0.29, 0.717) is 11.3 Å².